The fraction of sp³-hybridized carbons (Fsp3) is 0.640. The van der Waals surface area contributed by atoms with Crippen molar-refractivity contribution in [3.63, 3.8) is 0 Å². The predicted octanol–water partition coefficient (Wildman–Crippen LogP) is 5.07. The zero-order valence-corrected chi connectivity index (χ0v) is 20.3. The Morgan fingerprint density at radius 3 is 2.33 bits per heavy atom. The molecule has 5 fully saturated rings. The van der Waals surface area contributed by atoms with Gasteiger partial charge in [0, 0.05) is 11.6 Å². The van der Waals surface area contributed by atoms with Gasteiger partial charge in [0.15, 0.2) is 6.10 Å². The Kier molecular flexibility index (Phi) is 6.11. The number of carbonyl (C=O) groups is 3. The molecule has 4 bridgehead atoms. The number of carbonyl (C=O) groups excluding carboxylic acids is 3. The number of hydrogen-bond donors (Lipinski definition) is 1. The summed E-state index contributed by atoms with van der Waals surface area (Å²) in [5.74, 6) is 1.15. The van der Waals surface area contributed by atoms with Gasteiger partial charge in [-0.15, -0.1) is 0 Å². The molecule has 1 aliphatic heterocycles. The molecular formula is C25H30Cl2N2O4. The minimum atomic E-state index is -1.01. The molecular weight excluding hydrogens is 463 g/mol. The van der Waals surface area contributed by atoms with E-state index in [-0.39, 0.29) is 11.3 Å². The Hall–Kier alpha value is -1.79. The van der Waals surface area contributed by atoms with Crippen LogP contribution >= 0.6 is 23.2 Å². The van der Waals surface area contributed by atoms with Gasteiger partial charge in [0.1, 0.15) is 6.04 Å². The third-order valence-corrected chi connectivity index (χ3v) is 8.68. The average molecular weight is 493 g/mol. The van der Waals surface area contributed by atoms with Gasteiger partial charge in [-0.25, -0.2) is 4.79 Å². The number of halogens is 2. The van der Waals surface area contributed by atoms with Crippen molar-refractivity contribution >= 4 is 46.7 Å². The normalized spacial score (nSPS) is 33.1. The molecule has 6 nitrogen and oxygen atoms in total. The molecule has 178 valence electrons. The van der Waals surface area contributed by atoms with E-state index in [2.05, 4.69) is 5.32 Å². The molecule has 5 aliphatic rings. The second-order valence-electron chi connectivity index (χ2n) is 10.5. The van der Waals surface area contributed by atoms with E-state index < -0.39 is 24.0 Å². The van der Waals surface area contributed by atoms with E-state index in [0.29, 0.717) is 46.5 Å². The molecule has 1 aromatic rings. The SMILES string of the molecule is CC(OC(=O)C1CCCN1C(=O)C12CC3CC(CC(C3)C1)C2)C(=O)Nc1ccc(Cl)cc1Cl. The number of amides is 2. The number of ether oxygens (including phenoxy) is 1. The second-order valence-corrected chi connectivity index (χ2v) is 11.4. The maximum Gasteiger partial charge on any atom is 0.329 e. The van der Waals surface area contributed by atoms with Gasteiger partial charge >= 0.3 is 5.97 Å². The molecule has 2 amide bonds. The third kappa shape index (κ3) is 4.37. The lowest BCUT2D eigenvalue weighted by atomic mass is 9.49. The number of hydrogen-bond acceptors (Lipinski definition) is 4. The Balaban J connectivity index is 1.23. The molecule has 6 rings (SSSR count). The highest BCUT2D eigenvalue weighted by molar-refractivity contribution is 6.36. The summed E-state index contributed by atoms with van der Waals surface area (Å²) in [7, 11) is 0. The van der Waals surface area contributed by atoms with E-state index >= 15 is 0 Å². The van der Waals surface area contributed by atoms with Crippen LogP contribution in [0.3, 0.4) is 0 Å². The van der Waals surface area contributed by atoms with Gasteiger partial charge in [-0.3, -0.25) is 9.59 Å². The molecule has 8 heteroatoms. The van der Waals surface area contributed by atoms with Gasteiger partial charge in [0.2, 0.25) is 5.91 Å². The fourth-order valence-electron chi connectivity index (χ4n) is 7.06. The lowest BCUT2D eigenvalue weighted by Crippen LogP contribution is -2.56. The molecule has 2 atom stereocenters. The quantitative estimate of drug-likeness (QED) is 0.582. The maximum absolute atomic E-state index is 13.8. The number of rotatable bonds is 5. The summed E-state index contributed by atoms with van der Waals surface area (Å²) in [5, 5.41) is 3.43. The van der Waals surface area contributed by atoms with Crippen molar-refractivity contribution in [1.82, 2.24) is 4.90 Å². The summed E-state index contributed by atoms with van der Waals surface area (Å²) < 4.78 is 5.52. The van der Waals surface area contributed by atoms with Crippen molar-refractivity contribution in [3.05, 3.63) is 28.2 Å². The first-order chi connectivity index (χ1) is 15.7. The van der Waals surface area contributed by atoms with Crippen LogP contribution in [0.15, 0.2) is 18.2 Å². The summed E-state index contributed by atoms with van der Waals surface area (Å²) in [4.78, 5) is 41.1. The van der Waals surface area contributed by atoms with Crippen LogP contribution < -0.4 is 5.32 Å². The number of anilines is 1. The van der Waals surface area contributed by atoms with Gasteiger partial charge in [-0.2, -0.15) is 0 Å². The Morgan fingerprint density at radius 1 is 1.09 bits per heavy atom. The van der Waals surface area contributed by atoms with E-state index in [4.69, 9.17) is 27.9 Å². The second kappa shape index (κ2) is 8.77. The highest BCUT2D eigenvalue weighted by atomic mass is 35.5. The van der Waals surface area contributed by atoms with Gasteiger partial charge in [0.25, 0.3) is 5.91 Å². The molecule has 4 saturated carbocycles. The Labute approximate surface area is 204 Å². The summed E-state index contributed by atoms with van der Waals surface area (Å²) in [6, 6.07) is 4.13. The molecule has 0 aromatic heterocycles. The van der Waals surface area contributed by atoms with Crippen molar-refractivity contribution in [3.8, 4) is 0 Å². The smallest absolute Gasteiger partial charge is 0.329 e. The number of likely N-dealkylation sites (tertiary alicyclic amines) is 1. The molecule has 1 heterocycles. The van der Waals surface area contributed by atoms with Crippen LogP contribution in [0.1, 0.15) is 58.3 Å². The zero-order valence-electron chi connectivity index (χ0n) is 18.8. The standard InChI is InChI=1S/C25H30Cl2N2O4/c1-14(22(30)28-20-5-4-18(26)10-19(20)27)33-23(31)21-3-2-6-29(21)24(32)25-11-15-7-16(12-25)9-17(8-15)13-25/h4-5,10,14-17,21H,2-3,6-9,11-13H2,1H3,(H,28,30). The van der Waals surface area contributed by atoms with E-state index in [1.54, 1.807) is 17.0 Å². The van der Waals surface area contributed by atoms with E-state index in [1.807, 2.05) is 0 Å². The number of nitrogens with zero attached hydrogens (tertiary/aromatic N) is 1. The molecule has 1 saturated heterocycles. The minimum absolute atomic E-state index is 0.145. The third-order valence-electron chi connectivity index (χ3n) is 8.13. The molecule has 0 spiro atoms. The lowest BCUT2D eigenvalue weighted by Gasteiger charge is -2.56. The van der Waals surface area contributed by atoms with Crippen LogP contribution in [-0.4, -0.2) is 41.4 Å². The average Bonchev–Trinajstić information content (AvgIpc) is 3.24. The number of nitrogens with one attached hydrogen (secondary N) is 1. The van der Waals surface area contributed by atoms with Crippen LogP contribution in [0.2, 0.25) is 10.0 Å². The van der Waals surface area contributed by atoms with Gasteiger partial charge in [-0.05, 0) is 94.2 Å². The van der Waals surface area contributed by atoms with Gasteiger partial charge in [0.05, 0.1) is 16.1 Å². The van der Waals surface area contributed by atoms with Crippen molar-refractivity contribution in [2.45, 2.75) is 70.4 Å². The lowest BCUT2D eigenvalue weighted by molar-refractivity contribution is -0.168. The summed E-state index contributed by atoms with van der Waals surface area (Å²) in [5.41, 5.74) is 0.111. The first kappa shape index (κ1) is 23.0. The first-order valence-corrected chi connectivity index (χ1v) is 12.8. The molecule has 2 unspecified atom stereocenters. The zero-order chi connectivity index (χ0) is 23.3. The van der Waals surface area contributed by atoms with Crippen molar-refractivity contribution in [2.75, 3.05) is 11.9 Å². The Bertz CT molecular complexity index is 946. The first-order valence-electron chi connectivity index (χ1n) is 12.0. The van der Waals surface area contributed by atoms with Gasteiger partial charge in [-0.1, -0.05) is 23.2 Å². The predicted molar refractivity (Wildman–Crippen MR) is 126 cm³/mol. The van der Waals surface area contributed by atoms with Crippen LogP contribution in [0.4, 0.5) is 5.69 Å². The van der Waals surface area contributed by atoms with Crippen molar-refractivity contribution in [1.29, 1.82) is 0 Å². The van der Waals surface area contributed by atoms with Gasteiger partial charge < -0.3 is 15.0 Å². The van der Waals surface area contributed by atoms with E-state index in [9.17, 15) is 14.4 Å². The van der Waals surface area contributed by atoms with Crippen LogP contribution in [0, 0.1) is 23.2 Å². The summed E-state index contributed by atoms with van der Waals surface area (Å²) in [6.07, 6.45) is 7.05. The maximum atomic E-state index is 13.8. The monoisotopic (exact) mass is 492 g/mol. The van der Waals surface area contributed by atoms with Crippen LogP contribution in [-0.2, 0) is 19.1 Å². The Morgan fingerprint density at radius 2 is 1.73 bits per heavy atom. The highest BCUT2D eigenvalue weighted by Crippen LogP contribution is 2.60. The van der Waals surface area contributed by atoms with Crippen molar-refractivity contribution < 1.29 is 19.1 Å². The van der Waals surface area contributed by atoms with Crippen molar-refractivity contribution in [2.24, 2.45) is 23.2 Å². The number of esters is 1. The molecule has 1 N–H and O–H groups in total. The van der Waals surface area contributed by atoms with Crippen LogP contribution in [0.25, 0.3) is 0 Å². The van der Waals surface area contributed by atoms with E-state index in [1.165, 1.54) is 32.3 Å². The number of benzene rings is 1. The minimum Gasteiger partial charge on any atom is -0.451 e. The van der Waals surface area contributed by atoms with Crippen LogP contribution in [0.5, 0.6) is 0 Å². The summed E-state index contributed by atoms with van der Waals surface area (Å²) in [6.45, 7) is 2.11. The molecule has 1 aromatic carbocycles. The summed E-state index contributed by atoms with van der Waals surface area (Å²) >= 11 is 12.0. The molecule has 0 radical (unpaired) electrons. The highest BCUT2D eigenvalue weighted by Gasteiger charge is 2.57. The fourth-order valence-corrected chi connectivity index (χ4v) is 7.52. The molecule has 33 heavy (non-hydrogen) atoms. The topological polar surface area (TPSA) is 75.7 Å². The van der Waals surface area contributed by atoms with E-state index in [0.717, 1.165) is 25.7 Å². The molecule has 4 aliphatic carbocycles. The largest absolute Gasteiger partial charge is 0.451 e.